The molecular weight excluding hydrogens is 228 g/mol. The first kappa shape index (κ1) is 21.2. The zero-order chi connectivity index (χ0) is 14.4. The van der Waals surface area contributed by atoms with Crippen molar-refractivity contribution in [2.24, 2.45) is 0 Å². The Morgan fingerprint density at radius 3 is 1.06 bits per heavy atom. The summed E-state index contributed by atoms with van der Waals surface area (Å²) in [6.45, 7) is 6.52. The van der Waals surface area contributed by atoms with Crippen LogP contribution in [0.25, 0.3) is 0 Å². The third-order valence-electron chi connectivity index (χ3n) is 1.29. The minimum Gasteiger partial charge on any atom is -0.481 e. The molecule has 0 fully saturated rings. The number of aliphatic hydroxyl groups is 2. The number of carboxylic acids is 2. The summed E-state index contributed by atoms with van der Waals surface area (Å²) in [4.78, 5) is 18.7. The molecule has 0 saturated heterocycles. The van der Waals surface area contributed by atoms with Crippen LogP contribution in [0.3, 0.4) is 0 Å². The third kappa shape index (κ3) is 52.2. The molecule has 0 bridgehead atoms. The molecule has 0 aromatic heterocycles. The van der Waals surface area contributed by atoms with E-state index in [0.717, 1.165) is 0 Å². The first-order valence-corrected chi connectivity index (χ1v) is 5.46. The van der Waals surface area contributed by atoms with Crippen molar-refractivity contribution in [2.75, 3.05) is 0 Å². The Morgan fingerprint density at radius 2 is 1.06 bits per heavy atom. The largest absolute Gasteiger partial charge is 0.481 e. The van der Waals surface area contributed by atoms with Crippen LogP contribution < -0.4 is 0 Å². The van der Waals surface area contributed by atoms with Gasteiger partial charge in [0, 0.05) is 12.8 Å². The lowest BCUT2D eigenvalue weighted by Gasteiger charge is -2.04. The number of rotatable bonds is 4. The van der Waals surface area contributed by atoms with Gasteiger partial charge in [0.1, 0.15) is 0 Å². The summed E-state index contributed by atoms with van der Waals surface area (Å²) in [5.74, 6) is -1.49. The van der Waals surface area contributed by atoms with Gasteiger partial charge in [-0.2, -0.15) is 0 Å². The molecular formula is C11H24O6. The number of aliphatic carboxylic acids is 2. The lowest BCUT2D eigenvalue weighted by atomic mass is 10.2. The molecule has 2 unspecified atom stereocenters. The first-order valence-electron chi connectivity index (χ1n) is 5.46. The summed E-state index contributed by atoms with van der Waals surface area (Å²) < 4.78 is 0. The monoisotopic (exact) mass is 252 g/mol. The van der Waals surface area contributed by atoms with Gasteiger partial charge < -0.3 is 20.4 Å². The Balaban J connectivity index is -0.000000177. The van der Waals surface area contributed by atoms with Crippen LogP contribution in [-0.2, 0) is 9.59 Å². The van der Waals surface area contributed by atoms with Crippen molar-refractivity contribution in [3.05, 3.63) is 0 Å². The predicted octanol–water partition coefficient (Wildman–Crippen LogP) is 1.10. The Kier molecular flexibility index (Phi) is 18.5. The van der Waals surface area contributed by atoms with Gasteiger partial charge in [-0.15, -0.1) is 0 Å². The van der Waals surface area contributed by atoms with E-state index in [9.17, 15) is 9.59 Å². The normalized spacial score (nSPS) is 12.1. The van der Waals surface area contributed by atoms with Crippen LogP contribution in [-0.4, -0.2) is 44.6 Å². The second-order valence-electron chi connectivity index (χ2n) is 3.43. The molecule has 17 heavy (non-hydrogen) atoms. The molecule has 0 aliphatic carbocycles. The highest BCUT2D eigenvalue weighted by Crippen LogP contribution is 1.93. The van der Waals surface area contributed by atoms with E-state index in [1.165, 1.54) is 0 Å². The second kappa shape index (κ2) is 14.9. The molecule has 0 aromatic rings. The van der Waals surface area contributed by atoms with Crippen molar-refractivity contribution < 1.29 is 30.0 Å². The smallest absolute Gasteiger partial charge is 0.303 e. The third-order valence-corrected chi connectivity index (χ3v) is 1.29. The molecule has 0 aromatic carbocycles. The maximum Gasteiger partial charge on any atom is 0.303 e. The SMILES string of the molecule is CC(O)CC(C)O.CCC(=O)O.CCC(=O)O. The molecule has 0 amide bonds. The van der Waals surface area contributed by atoms with E-state index < -0.39 is 11.9 Å². The van der Waals surface area contributed by atoms with Crippen molar-refractivity contribution in [1.82, 2.24) is 0 Å². The van der Waals surface area contributed by atoms with Gasteiger partial charge in [0.15, 0.2) is 0 Å². The van der Waals surface area contributed by atoms with Crippen molar-refractivity contribution in [1.29, 1.82) is 0 Å². The van der Waals surface area contributed by atoms with Crippen LogP contribution in [0.2, 0.25) is 0 Å². The van der Waals surface area contributed by atoms with Crippen molar-refractivity contribution in [3.8, 4) is 0 Å². The quantitative estimate of drug-likeness (QED) is 0.595. The van der Waals surface area contributed by atoms with Crippen LogP contribution in [0.5, 0.6) is 0 Å². The summed E-state index contributed by atoms with van der Waals surface area (Å²) in [6, 6.07) is 0. The van der Waals surface area contributed by atoms with Gasteiger partial charge in [-0.05, 0) is 20.3 Å². The molecule has 6 heteroatoms. The molecule has 0 rings (SSSR count). The summed E-state index contributed by atoms with van der Waals surface area (Å²) >= 11 is 0. The Morgan fingerprint density at radius 1 is 0.882 bits per heavy atom. The first-order chi connectivity index (χ1) is 7.67. The fourth-order valence-corrected chi connectivity index (χ4v) is 0.494. The maximum atomic E-state index is 9.37. The zero-order valence-corrected chi connectivity index (χ0v) is 10.9. The lowest BCUT2D eigenvalue weighted by molar-refractivity contribution is -0.137. The van der Waals surface area contributed by atoms with E-state index in [1.807, 2.05) is 0 Å². The van der Waals surface area contributed by atoms with Gasteiger partial charge in [0.25, 0.3) is 0 Å². The number of aliphatic hydroxyl groups excluding tert-OH is 2. The van der Waals surface area contributed by atoms with E-state index in [1.54, 1.807) is 27.7 Å². The summed E-state index contributed by atoms with van der Waals surface area (Å²) in [6.07, 6.45) is 0.167. The number of hydrogen-bond acceptors (Lipinski definition) is 4. The van der Waals surface area contributed by atoms with Crippen LogP contribution in [0, 0.1) is 0 Å². The van der Waals surface area contributed by atoms with Crippen LogP contribution in [0.1, 0.15) is 47.0 Å². The number of hydrogen-bond donors (Lipinski definition) is 4. The van der Waals surface area contributed by atoms with Gasteiger partial charge in [-0.25, -0.2) is 0 Å². The van der Waals surface area contributed by atoms with Gasteiger partial charge in [0.05, 0.1) is 12.2 Å². The minimum absolute atomic E-state index is 0.222. The molecule has 0 spiro atoms. The van der Waals surface area contributed by atoms with E-state index in [4.69, 9.17) is 20.4 Å². The van der Waals surface area contributed by atoms with Crippen LogP contribution in [0.4, 0.5) is 0 Å². The van der Waals surface area contributed by atoms with Crippen LogP contribution >= 0.6 is 0 Å². The average Bonchev–Trinajstić information content (AvgIpc) is 2.17. The highest BCUT2D eigenvalue weighted by atomic mass is 16.4. The Bertz CT molecular complexity index is 168. The Labute approximate surface area is 102 Å². The summed E-state index contributed by atoms with van der Waals surface area (Å²) in [7, 11) is 0. The highest BCUT2D eigenvalue weighted by molar-refractivity contribution is 5.66. The molecule has 0 saturated carbocycles. The molecule has 0 heterocycles. The maximum absolute atomic E-state index is 9.37. The van der Waals surface area contributed by atoms with Crippen molar-refractivity contribution in [3.63, 3.8) is 0 Å². The van der Waals surface area contributed by atoms with E-state index in [0.29, 0.717) is 6.42 Å². The molecule has 0 radical (unpaired) electrons. The molecule has 104 valence electrons. The Hall–Kier alpha value is -1.14. The highest BCUT2D eigenvalue weighted by Gasteiger charge is 1.98. The van der Waals surface area contributed by atoms with Crippen molar-refractivity contribution in [2.45, 2.75) is 59.2 Å². The van der Waals surface area contributed by atoms with E-state index in [2.05, 4.69) is 0 Å². The molecule has 6 nitrogen and oxygen atoms in total. The zero-order valence-electron chi connectivity index (χ0n) is 10.9. The lowest BCUT2D eigenvalue weighted by Crippen LogP contribution is -2.10. The average molecular weight is 252 g/mol. The van der Waals surface area contributed by atoms with E-state index in [-0.39, 0.29) is 25.0 Å². The number of carboxylic acid groups (broad SMARTS) is 2. The minimum atomic E-state index is -0.745. The standard InChI is InChI=1S/C5H12O2.2C3H6O2/c1-4(6)3-5(2)7;2*1-2-3(4)5/h4-7H,3H2,1-2H3;2*2H2,1H3,(H,4,5). The second-order valence-corrected chi connectivity index (χ2v) is 3.43. The predicted molar refractivity (Wildman–Crippen MR) is 63.8 cm³/mol. The van der Waals surface area contributed by atoms with Gasteiger partial charge in [-0.3, -0.25) is 9.59 Å². The van der Waals surface area contributed by atoms with Gasteiger partial charge in [0.2, 0.25) is 0 Å². The summed E-state index contributed by atoms with van der Waals surface area (Å²) in [5, 5.41) is 32.6. The topological polar surface area (TPSA) is 115 Å². The van der Waals surface area contributed by atoms with Crippen LogP contribution in [0.15, 0.2) is 0 Å². The fourth-order valence-electron chi connectivity index (χ4n) is 0.494. The van der Waals surface area contributed by atoms with Gasteiger partial charge in [-0.1, -0.05) is 13.8 Å². The number of carbonyl (C=O) groups is 2. The molecule has 4 N–H and O–H groups in total. The summed E-state index contributed by atoms with van der Waals surface area (Å²) in [5.41, 5.74) is 0. The molecule has 0 aliphatic rings. The fraction of sp³-hybridized carbons (Fsp3) is 0.818. The van der Waals surface area contributed by atoms with Gasteiger partial charge >= 0.3 is 11.9 Å². The molecule has 2 atom stereocenters. The van der Waals surface area contributed by atoms with Crippen molar-refractivity contribution >= 4 is 11.9 Å². The van der Waals surface area contributed by atoms with E-state index >= 15 is 0 Å². The molecule has 0 aliphatic heterocycles.